The Labute approximate surface area is 152 Å². The third-order valence-electron chi connectivity index (χ3n) is 4.60. The summed E-state index contributed by atoms with van der Waals surface area (Å²) < 4.78 is 0. The first kappa shape index (κ1) is 17.7. The Morgan fingerprint density at radius 2 is 2.08 bits per heavy atom. The lowest BCUT2D eigenvalue weighted by atomic mass is 9.91. The fraction of sp³-hybridized carbons (Fsp3) is 0.238. The van der Waals surface area contributed by atoms with E-state index in [1.54, 1.807) is 12.3 Å². The fourth-order valence-corrected chi connectivity index (χ4v) is 3.17. The van der Waals surface area contributed by atoms with E-state index in [1.807, 2.05) is 24.3 Å². The zero-order valence-electron chi connectivity index (χ0n) is 15.1. The standard InChI is InChI=1S/C21H21N3O2/c1-13-10-20-16(6-7-19(24-20)15(3)26)11-17(13)9-14(2)18-5-4-8-22-21(18)23-12-25/h4-8,10-12,14H,9H2,1-3H3,(H,22,23,25). The Morgan fingerprint density at radius 1 is 1.27 bits per heavy atom. The maximum atomic E-state index is 11.5. The molecule has 0 bridgehead atoms. The van der Waals surface area contributed by atoms with Crippen LogP contribution in [0, 0.1) is 6.92 Å². The number of carbonyl (C=O) groups excluding carboxylic acids is 2. The zero-order valence-corrected chi connectivity index (χ0v) is 15.1. The van der Waals surface area contributed by atoms with Crippen LogP contribution < -0.4 is 5.32 Å². The van der Waals surface area contributed by atoms with E-state index >= 15 is 0 Å². The van der Waals surface area contributed by atoms with Gasteiger partial charge in [0.2, 0.25) is 6.41 Å². The van der Waals surface area contributed by atoms with Gasteiger partial charge in [-0.25, -0.2) is 9.97 Å². The van der Waals surface area contributed by atoms with Crippen molar-refractivity contribution < 1.29 is 9.59 Å². The third kappa shape index (κ3) is 3.61. The second-order valence-electron chi connectivity index (χ2n) is 6.53. The average molecular weight is 347 g/mol. The topological polar surface area (TPSA) is 72.0 Å². The van der Waals surface area contributed by atoms with Gasteiger partial charge in [-0.2, -0.15) is 0 Å². The second-order valence-corrected chi connectivity index (χ2v) is 6.53. The Morgan fingerprint density at radius 3 is 2.81 bits per heavy atom. The van der Waals surface area contributed by atoms with Crippen LogP contribution in [0.25, 0.3) is 10.9 Å². The average Bonchev–Trinajstić information content (AvgIpc) is 2.62. The number of amides is 1. The highest BCUT2D eigenvalue weighted by Crippen LogP contribution is 2.28. The summed E-state index contributed by atoms with van der Waals surface area (Å²) in [7, 11) is 0. The van der Waals surface area contributed by atoms with Crippen molar-refractivity contribution in [1.29, 1.82) is 0 Å². The van der Waals surface area contributed by atoms with E-state index in [-0.39, 0.29) is 11.7 Å². The lowest BCUT2D eigenvalue weighted by Gasteiger charge is -2.17. The van der Waals surface area contributed by atoms with E-state index in [2.05, 4.69) is 35.2 Å². The summed E-state index contributed by atoms with van der Waals surface area (Å²) in [5.41, 5.74) is 4.66. The number of nitrogens with one attached hydrogen (secondary N) is 1. The monoisotopic (exact) mass is 347 g/mol. The van der Waals surface area contributed by atoms with E-state index in [1.165, 1.54) is 12.5 Å². The molecule has 0 aliphatic carbocycles. The number of benzene rings is 1. The summed E-state index contributed by atoms with van der Waals surface area (Å²) in [5, 5.41) is 3.68. The molecule has 26 heavy (non-hydrogen) atoms. The lowest BCUT2D eigenvalue weighted by molar-refractivity contribution is -0.105. The van der Waals surface area contributed by atoms with Crippen molar-refractivity contribution in [2.75, 3.05) is 5.32 Å². The van der Waals surface area contributed by atoms with E-state index in [9.17, 15) is 9.59 Å². The molecule has 5 nitrogen and oxygen atoms in total. The summed E-state index contributed by atoms with van der Waals surface area (Å²) in [6, 6.07) is 11.7. The van der Waals surface area contributed by atoms with Crippen molar-refractivity contribution in [2.24, 2.45) is 0 Å². The molecule has 0 fully saturated rings. The molecular formula is C21H21N3O2. The van der Waals surface area contributed by atoms with Gasteiger partial charge in [0.15, 0.2) is 5.78 Å². The van der Waals surface area contributed by atoms with E-state index < -0.39 is 0 Å². The molecule has 1 atom stereocenters. The summed E-state index contributed by atoms with van der Waals surface area (Å²) in [4.78, 5) is 31.0. The van der Waals surface area contributed by atoms with Gasteiger partial charge in [0, 0.05) is 18.5 Å². The molecule has 0 spiro atoms. The molecule has 1 unspecified atom stereocenters. The normalized spacial score (nSPS) is 12.0. The number of rotatable bonds is 6. The molecule has 1 N–H and O–H groups in total. The number of Topliss-reactive ketones (excluding diaryl/α,β-unsaturated/α-hetero) is 1. The summed E-state index contributed by atoms with van der Waals surface area (Å²) >= 11 is 0. The minimum Gasteiger partial charge on any atom is -0.313 e. The van der Waals surface area contributed by atoms with Crippen LogP contribution in [-0.4, -0.2) is 22.2 Å². The molecule has 3 rings (SSSR count). The van der Waals surface area contributed by atoms with Crippen LogP contribution in [0.5, 0.6) is 0 Å². The molecule has 3 aromatic rings. The number of aromatic nitrogens is 2. The summed E-state index contributed by atoms with van der Waals surface area (Å²) in [6.07, 6.45) is 3.13. The molecule has 2 aromatic heterocycles. The molecular weight excluding hydrogens is 326 g/mol. The summed E-state index contributed by atoms with van der Waals surface area (Å²) in [5.74, 6) is 0.752. The van der Waals surface area contributed by atoms with Crippen LogP contribution in [-0.2, 0) is 11.2 Å². The molecule has 0 radical (unpaired) electrons. The molecule has 1 amide bonds. The maximum absolute atomic E-state index is 11.5. The second kappa shape index (κ2) is 7.44. The fourth-order valence-electron chi connectivity index (χ4n) is 3.17. The van der Waals surface area contributed by atoms with Gasteiger partial charge in [0.1, 0.15) is 11.5 Å². The Balaban J connectivity index is 1.93. The molecule has 2 heterocycles. The number of hydrogen-bond acceptors (Lipinski definition) is 4. The smallest absolute Gasteiger partial charge is 0.212 e. The quantitative estimate of drug-likeness (QED) is 0.539. The Hall–Kier alpha value is -3.08. The predicted molar refractivity (Wildman–Crippen MR) is 103 cm³/mol. The van der Waals surface area contributed by atoms with Gasteiger partial charge < -0.3 is 5.32 Å². The van der Waals surface area contributed by atoms with Crippen molar-refractivity contribution in [3.63, 3.8) is 0 Å². The highest BCUT2D eigenvalue weighted by Gasteiger charge is 2.14. The first-order chi connectivity index (χ1) is 12.5. The highest BCUT2D eigenvalue weighted by atomic mass is 16.1. The highest BCUT2D eigenvalue weighted by molar-refractivity contribution is 5.94. The number of pyridine rings is 2. The van der Waals surface area contributed by atoms with Crippen LogP contribution in [0.3, 0.4) is 0 Å². The molecule has 5 heteroatoms. The van der Waals surface area contributed by atoms with E-state index in [0.717, 1.165) is 28.5 Å². The SMILES string of the molecule is CC(=O)c1ccc2cc(CC(C)c3cccnc3NC=O)c(C)cc2n1. The number of aryl methyl sites for hydroxylation is 1. The van der Waals surface area contributed by atoms with Gasteiger partial charge in [-0.1, -0.05) is 19.1 Å². The van der Waals surface area contributed by atoms with Crippen molar-refractivity contribution >= 4 is 28.9 Å². The van der Waals surface area contributed by atoms with Gasteiger partial charge >= 0.3 is 0 Å². The number of fused-ring (bicyclic) bond motifs is 1. The number of hydrogen-bond donors (Lipinski definition) is 1. The van der Waals surface area contributed by atoms with Crippen molar-refractivity contribution in [3.8, 4) is 0 Å². The number of anilines is 1. The largest absolute Gasteiger partial charge is 0.313 e. The van der Waals surface area contributed by atoms with Crippen molar-refractivity contribution in [1.82, 2.24) is 9.97 Å². The Kier molecular flexibility index (Phi) is 5.07. The van der Waals surface area contributed by atoms with Gasteiger partial charge in [-0.15, -0.1) is 0 Å². The van der Waals surface area contributed by atoms with Crippen molar-refractivity contribution in [3.05, 3.63) is 65.0 Å². The van der Waals surface area contributed by atoms with Crippen LogP contribution in [0.4, 0.5) is 5.82 Å². The minimum absolute atomic E-state index is 0.0333. The molecule has 0 saturated carbocycles. The minimum atomic E-state index is -0.0333. The predicted octanol–water partition coefficient (Wildman–Crippen LogP) is 4.06. The van der Waals surface area contributed by atoms with Crippen LogP contribution in [0.1, 0.15) is 46.9 Å². The number of ketones is 1. The first-order valence-corrected chi connectivity index (χ1v) is 8.56. The van der Waals surface area contributed by atoms with E-state index in [0.29, 0.717) is 17.9 Å². The third-order valence-corrected chi connectivity index (χ3v) is 4.60. The van der Waals surface area contributed by atoms with Gasteiger partial charge in [0.25, 0.3) is 0 Å². The molecule has 0 saturated heterocycles. The van der Waals surface area contributed by atoms with Crippen molar-refractivity contribution in [2.45, 2.75) is 33.1 Å². The number of carbonyl (C=O) groups is 2. The maximum Gasteiger partial charge on any atom is 0.212 e. The molecule has 132 valence electrons. The van der Waals surface area contributed by atoms with Crippen LogP contribution >= 0.6 is 0 Å². The van der Waals surface area contributed by atoms with E-state index in [4.69, 9.17) is 0 Å². The molecule has 1 aromatic carbocycles. The van der Waals surface area contributed by atoms with Gasteiger partial charge in [-0.3, -0.25) is 9.59 Å². The van der Waals surface area contributed by atoms with Crippen LogP contribution in [0.2, 0.25) is 0 Å². The zero-order chi connectivity index (χ0) is 18.7. The summed E-state index contributed by atoms with van der Waals surface area (Å²) in [6.45, 7) is 5.70. The van der Waals surface area contributed by atoms with Crippen LogP contribution in [0.15, 0.2) is 42.6 Å². The first-order valence-electron chi connectivity index (χ1n) is 8.56. The Bertz CT molecular complexity index is 982. The van der Waals surface area contributed by atoms with Gasteiger partial charge in [-0.05, 0) is 60.2 Å². The van der Waals surface area contributed by atoms with Gasteiger partial charge in [0.05, 0.1) is 5.52 Å². The lowest BCUT2D eigenvalue weighted by Crippen LogP contribution is -2.07. The number of nitrogens with zero attached hydrogens (tertiary/aromatic N) is 2. The molecule has 0 aliphatic rings. The molecule has 0 aliphatic heterocycles.